The molecule has 0 spiro atoms. The molecule has 0 fully saturated rings. The van der Waals surface area contributed by atoms with Crippen molar-refractivity contribution in [2.45, 2.75) is 6.54 Å². The number of rotatable bonds is 3. The van der Waals surface area contributed by atoms with E-state index in [-0.39, 0.29) is 11.6 Å². The molecule has 19 heavy (non-hydrogen) atoms. The summed E-state index contributed by atoms with van der Waals surface area (Å²) in [6.07, 6.45) is 0. The van der Waals surface area contributed by atoms with Crippen LogP contribution in [0.1, 0.15) is 16.1 Å². The number of nitrogen functional groups attached to an aromatic ring is 1. The lowest BCUT2D eigenvalue weighted by Crippen LogP contribution is -2.26. The van der Waals surface area contributed by atoms with Crippen LogP contribution in [0.5, 0.6) is 0 Å². The third-order valence-electron chi connectivity index (χ3n) is 2.61. The number of halogens is 2. The molecule has 0 bridgehead atoms. The van der Waals surface area contributed by atoms with E-state index in [1.165, 1.54) is 23.1 Å². The monoisotopic (exact) mass is 326 g/mol. The topological polar surface area (TPSA) is 59.5 Å². The van der Waals surface area contributed by atoms with Gasteiger partial charge >= 0.3 is 0 Å². The van der Waals surface area contributed by atoms with Gasteiger partial charge in [0.2, 0.25) is 0 Å². The van der Waals surface area contributed by atoms with Crippen LogP contribution in [0.4, 0.5) is 10.1 Å². The fraction of sp³-hybridized carbons (Fsp3) is 0.154. The number of carbonyl (C=O) groups is 1. The van der Waals surface area contributed by atoms with Crippen LogP contribution < -0.4 is 5.73 Å². The molecule has 2 N–H and O–H groups in total. The first-order valence-electron chi connectivity index (χ1n) is 5.52. The Labute approximate surface area is 118 Å². The molecule has 6 heteroatoms. The van der Waals surface area contributed by atoms with E-state index in [9.17, 15) is 9.18 Å². The lowest BCUT2D eigenvalue weighted by molar-refractivity contribution is 0.0775. The Balaban J connectivity index is 2.12. The third kappa shape index (κ3) is 3.14. The van der Waals surface area contributed by atoms with Gasteiger partial charge < -0.3 is 15.1 Å². The second kappa shape index (κ2) is 5.44. The van der Waals surface area contributed by atoms with Crippen LogP contribution in [0, 0.1) is 5.82 Å². The van der Waals surface area contributed by atoms with Gasteiger partial charge in [0.15, 0.2) is 4.67 Å². The quantitative estimate of drug-likeness (QED) is 0.882. The Bertz CT molecular complexity index is 612. The highest BCUT2D eigenvalue weighted by molar-refractivity contribution is 9.10. The van der Waals surface area contributed by atoms with Crippen molar-refractivity contribution < 1.29 is 13.6 Å². The molecule has 2 rings (SSSR count). The number of anilines is 1. The van der Waals surface area contributed by atoms with Crippen LogP contribution in [0.25, 0.3) is 0 Å². The molecular weight excluding hydrogens is 315 g/mol. The minimum atomic E-state index is -0.533. The largest absolute Gasteiger partial charge is 0.452 e. The average Bonchev–Trinajstić information content (AvgIpc) is 2.77. The van der Waals surface area contributed by atoms with Gasteiger partial charge in [-0.05, 0) is 46.3 Å². The molecule has 0 radical (unpaired) electrons. The van der Waals surface area contributed by atoms with E-state index in [4.69, 9.17) is 10.2 Å². The number of furan rings is 1. The summed E-state index contributed by atoms with van der Waals surface area (Å²) in [7, 11) is 1.64. The number of nitrogens with two attached hydrogens (primary N) is 1. The van der Waals surface area contributed by atoms with Crippen molar-refractivity contribution in [3.05, 3.63) is 52.1 Å². The van der Waals surface area contributed by atoms with E-state index in [2.05, 4.69) is 15.9 Å². The Kier molecular flexibility index (Phi) is 3.90. The van der Waals surface area contributed by atoms with Gasteiger partial charge in [0.25, 0.3) is 5.91 Å². The van der Waals surface area contributed by atoms with Gasteiger partial charge in [-0.1, -0.05) is 0 Å². The average molecular weight is 327 g/mol. The number of hydrogen-bond acceptors (Lipinski definition) is 3. The van der Waals surface area contributed by atoms with Gasteiger partial charge in [-0.15, -0.1) is 0 Å². The zero-order chi connectivity index (χ0) is 14.0. The molecule has 100 valence electrons. The maximum Gasteiger partial charge on any atom is 0.254 e. The summed E-state index contributed by atoms with van der Waals surface area (Å²) < 4.78 is 19.0. The Morgan fingerprint density at radius 1 is 1.42 bits per heavy atom. The zero-order valence-corrected chi connectivity index (χ0v) is 11.8. The molecule has 1 aromatic carbocycles. The van der Waals surface area contributed by atoms with Gasteiger partial charge in [0.1, 0.15) is 11.6 Å². The highest BCUT2D eigenvalue weighted by Gasteiger charge is 2.14. The van der Waals surface area contributed by atoms with Gasteiger partial charge in [-0.2, -0.15) is 0 Å². The first-order valence-corrected chi connectivity index (χ1v) is 6.31. The van der Waals surface area contributed by atoms with Gasteiger partial charge in [0.05, 0.1) is 12.2 Å². The van der Waals surface area contributed by atoms with Gasteiger partial charge in [0, 0.05) is 12.6 Å². The third-order valence-corrected chi connectivity index (χ3v) is 3.04. The number of carbonyl (C=O) groups excluding carboxylic acids is 1. The summed E-state index contributed by atoms with van der Waals surface area (Å²) in [5.74, 6) is -0.133. The highest BCUT2D eigenvalue weighted by Crippen LogP contribution is 2.17. The summed E-state index contributed by atoms with van der Waals surface area (Å²) in [4.78, 5) is 13.6. The van der Waals surface area contributed by atoms with Crippen LogP contribution in [0.2, 0.25) is 0 Å². The number of amides is 1. The highest BCUT2D eigenvalue weighted by atomic mass is 79.9. The molecule has 0 saturated carbocycles. The Morgan fingerprint density at radius 3 is 2.74 bits per heavy atom. The number of nitrogens with zero attached hydrogens (tertiary/aromatic N) is 1. The Hall–Kier alpha value is -1.82. The van der Waals surface area contributed by atoms with E-state index in [1.807, 2.05) is 0 Å². The van der Waals surface area contributed by atoms with E-state index in [1.54, 1.807) is 19.2 Å². The van der Waals surface area contributed by atoms with Crippen molar-refractivity contribution in [3.63, 3.8) is 0 Å². The van der Waals surface area contributed by atoms with Crippen molar-refractivity contribution in [1.29, 1.82) is 0 Å². The minimum absolute atomic E-state index is 0.0417. The minimum Gasteiger partial charge on any atom is -0.452 e. The van der Waals surface area contributed by atoms with Crippen LogP contribution in [-0.2, 0) is 6.54 Å². The molecule has 1 amide bonds. The molecule has 0 saturated heterocycles. The first-order chi connectivity index (χ1) is 8.97. The molecule has 2 aromatic rings. The smallest absolute Gasteiger partial charge is 0.254 e. The van der Waals surface area contributed by atoms with E-state index < -0.39 is 5.82 Å². The zero-order valence-electron chi connectivity index (χ0n) is 10.2. The number of benzene rings is 1. The number of hydrogen-bond donors (Lipinski definition) is 1. The fourth-order valence-corrected chi connectivity index (χ4v) is 1.98. The van der Waals surface area contributed by atoms with E-state index in [0.29, 0.717) is 22.5 Å². The van der Waals surface area contributed by atoms with Crippen LogP contribution >= 0.6 is 15.9 Å². The Morgan fingerprint density at radius 2 is 2.16 bits per heavy atom. The van der Waals surface area contributed by atoms with Crippen molar-refractivity contribution >= 4 is 27.5 Å². The van der Waals surface area contributed by atoms with Crippen LogP contribution in [0.3, 0.4) is 0 Å². The molecule has 1 heterocycles. The summed E-state index contributed by atoms with van der Waals surface area (Å²) in [5, 5.41) is 0. The van der Waals surface area contributed by atoms with Crippen molar-refractivity contribution in [2.75, 3.05) is 12.8 Å². The first kappa shape index (κ1) is 13.6. The van der Waals surface area contributed by atoms with Crippen LogP contribution in [0.15, 0.2) is 39.4 Å². The maximum absolute atomic E-state index is 13.0. The molecule has 0 aliphatic carbocycles. The lowest BCUT2D eigenvalue weighted by Gasteiger charge is -2.16. The second-order valence-corrected chi connectivity index (χ2v) is 4.88. The van der Waals surface area contributed by atoms with Crippen molar-refractivity contribution in [2.24, 2.45) is 0 Å². The molecule has 0 unspecified atom stereocenters. The standard InChI is InChI=1S/C13H12BrFN2O2/c1-17(7-9-3-5-12(14)19-9)13(18)8-2-4-10(15)11(16)6-8/h2-6H,7,16H2,1H3. The molecule has 4 nitrogen and oxygen atoms in total. The summed E-state index contributed by atoms with van der Waals surface area (Å²) in [6.45, 7) is 0.321. The lowest BCUT2D eigenvalue weighted by atomic mass is 10.1. The maximum atomic E-state index is 13.0. The van der Waals surface area contributed by atoms with E-state index in [0.717, 1.165) is 0 Å². The van der Waals surface area contributed by atoms with Crippen LogP contribution in [-0.4, -0.2) is 17.9 Å². The predicted molar refractivity (Wildman–Crippen MR) is 73.0 cm³/mol. The summed E-state index contributed by atoms with van der Waals surface area (Å²) in [6, 6.07) is 7.44. The predicted octanol–water partition coefficient (Wildman–Crippen LogP) is 3.04. The summed E-state index contributed by atoms with van der Waals surface area (Å²) in [5.41, 5.74) is 5.74. The van der Waals surface area contributed by atoms with Gasteiger partial charge in [-0.3, -0.25) is 4.79 Å². The van der Waals surface area contributed by atoms with Crippen molar-refractivity contribution in [3.8, 4) is 0 Å². The SMILES string of the molecule is CN(Cc1ccc(Br)o1)C(=O)c1ccc(F)c(N)c1. The molecular formula is C13H12BrFN2O2. The fourth-order valence-electron chi connectivity index (χ4n) is 1.64. The van der Waals surface area contributed by atoms with Gasteiger partial charge in [-0.25, -0.2) is 4.39 Å². The van der Waals surface area contributed by atoms with E-state index >= 15 is 0 Å². The normalized spacial score (nSPS) is 10.5. The second-order valence-electron chi connectivity index (χ2n) is 4.10. The van der Waals surface area contributed by atoms with Crippen molar-refractivity contribution in [1.82, 2.24) is 4.90 Å². The molecule has 1 aromatic heterocycles. The molecule has 0 aliphatic rings. The molecule has 0 atom stereocenters. The summed E-state index contributed by atoms with van der Waals surface area (Å²) >= 11 is 3.19. The molecule has 0 aliphatic heterocycles.